The zero-order valence-corrected chi connectivity index (χ0v) is 21.5. The lowest BCUT2D eigenvalue weighted by Gasteiger charge is -2.37. The first kappa shape index (κ1) is 26.1. The van der Waals surface area contributed by atoms with Gasteiger partial charge in [-0.1, -0.05) is 12.6 Å². The monoisotopic (exact) mass is 502 g/mol. The number of nitrogens with zero attached hydrogens (tertiary/aromatic N) is 4. The number of anilines is 1. The van der Waals surface area contributed by atoms with E-state index in [0.29, 0.717) is 28.8 Å². The molecule has 0 radical (unpaired) electrons. The molecule has 1 aromatic carbocycles. The lowest BCUT2D eigenvalue weighted by atomic mass is 10.0. The number of hydrogen-bond donors (Lipinski definition) is 4. The van der Waals surface area contributed by atoms with Gasteiger partial charge in [0.15, 0.2) is 0 Å². The van der Waals surface area contributed by atoms with Crippen LogP contribution < -0.4 is 16.4 Å². The molecule has 10 nitrogen and oxygen atoms in total. The van der Waals surface area contributed by atoms with Crippen molar-refractivity contribution >= 4 is 35.0 Å². The van der Waals surface area contributed by atoms with Gasteiger partial charge in [0, 0.05) is 55.3 Å². The van der Waals surface area contributed by atoms with E-state index in [1.165, 1.54) is 6.20 Å². The lowest BCUT2D eigenvalue weighted by molar-refractivity contribution is 0.137. The fraction of sp³-hybridized carbons (Fsp3) is 0.333. The van der Waals surface area contributed by atoms with Crippen molar-refractivity contribution in [1.82, 2.24) is 25.2 Å². The first-order valence-electron chi connectivity index (χ1n) is 12.4. The second kappa shape index (κ2) is 11.8. The molecular formula is C27H34N8O2. The van der Waals surface area contributed by atoms with Crippen molar-refractivity contribution in [3.05, 3.63) is 60.6 Å². The molecule has 194 valence electrons. The number of allylic oxidation sites excluding steroid dienone is 1. The maximum absolute atomic E-state index is 11.9. The van der Waals surface area contributed by atoms with Crippen molar-refractivity contribution in [2.75, 3.05) is 25.0 Å². The largest absolute Gasteiger partial charge is 0.450 e. The van der Waals surface area contributed by atoms with Crippen LogP contribution >= 0.6 is 0 Å². The number of nitrogens with one attached hydrogen (secondary N) is 3. The third kappa shape index (κ3) is 6.41. The van der Waals surface area contributed by atoms with Gasteiger partial charge < -0.3 is 20.8 Å². The molecule has 1 aliphatic heterocycles. The second-order valence-corrected chi connectivity index (χ2v) is 9.08. The Morgan fingerprint density at radius 2 is 2.19 bits per heavy atom. The quantitative estimate of drug-likeness (QED) is 0.343. The second-order valence-electron chi connectivity index (χ2n) is 9.08. The van der Waals surface area contributed by atoms with Crippen LogP contribution in [0, 0.1) is 0 Å². The minimum Gasteiger partial charge on any atom is -0.450 e. The fourth-order valence-corrected chi connectivity index (χ4v) is 4.30. The topological polar surface area (TPSA) is 134 Å². The number of carbonyl (C=O) groups excluding carboxylic acids is 1. The van der Waals surface area contributed by atoms with Crippen LogP contribution in [-0.4, -0.2) is 63.9 Å². The number of pyridine rings is 1. The molecule has 1 saturated heterocycles. The molecule has 0 bridgehead atoms. The van der Waals surface area contributed by atoms with Gasteiger partial charge in [-0.3, -0.25) is 20.2 Å². The Labute approximate surface area is 216 Å². The molecule has 1 aliphatic rings. The number of H-pyrrole nitrogens is 1. The highest BCUT2D eigenvalue weighted by molar-refractivity contribution is 5.96. The summed E-state index contributed by atoms with van der Waals surface area (Å²) in [5.74, 6) is 0.276. The third-order valence-electron chi connectivity index (χ3n) is 6.24. The number of nitrogens with two attached hydrogens (primary N) is 1. The molecule has 0 aliphatic carbocycles. The van der Waals surface area contributed by atoms with E-state index in [9.17, 15) is 4.79 Å². The van der Waals surface area contributed by atoms with Crippen LogP contribution in [0.4, 0.5) is 10.7 Å². The minimum atomic E-state index is -0.582. The van der Waals surface area contributed by atoms with E-state index in [1.807, 2.05) is 18.3 Å². The van der Waals surface area contributed by atoms with Crippen molar-refractivity contribution in [3.63, 3.8) is 0 Å². The number of aromatic nitrogens is 3. The minimum absolute atomic E-state index is 0.261. The Morgan fingerprint density at radius 1 is 1.35 bits per heavy atom. The number of hydrogen-bond acceptors (Lipinski definition) is 8. The summed E-state index contributed by atoms with van der Waals surface area (Å²) in [6, 6.07) is 8.98. The number of ether oxygens (including phenoxy) is 1. The Bertz CT molecular complexity index is 1310. The summed E-state index contributed by atoms with van der Waals surface area (Å²) in [5.41, 5.74) is 10.9. The molecule has 0 unspecified atom stereocenters. The number of carbonyl (C=O) groups is 1. The van der Waals surface area contributed by atoms with Crippen LogP contribution in [0.1, 0.15) is 32.0 Å². The van der Waals surface area contributed by atoms with E-state index >= 15 is 0 Å². The fourth-order valence-electron chi connectivity index (χ4n) is 4.30. The van der Waals surface area contributed by atoms with E-state index in [2.05, 4.69) is 63.1 Å². The molecule has 1 fully saturated rings. The van der Waals surface area contributed by atoms with Crippen molar-refractivity contribution < 1.29 is 9.53 Å². The van der Waals surface area contributed by atoms with Gasteiger partial charge in [0.25, 0.3) is 0 Å². The number of aliphatic imine (C=N–C) groups is 1. The number of rotatable bonds is 8. The molecule has 37 heavy (non-hydrogen) atoms. The van der Waals surface area contributed by atoms with Gasteiger partial charge in [-0.25, -0.2) is 9.78 Å². The summed E-state index contributed by atoms with van der Waals surface area (Å²) in [6.45, 7) is 13.3. The Balaban J connectivity index is 1.65. The molecule has 4 rings (SSSR count). The molecule has 1 amide bonds. The van der Waals surface area contributed by atoms with E-state index in [4.69, 9.17) is 15.5 Å². The van der Waals surface area contributed by atoms with Gasteiger partial charge in [-0.15, -0.1) is 0 Å². The smallest absolute Gasteiger partial charge is 0.413 e. The highest BCUT2D eigenvalue weighted by Gasteiger charge is 2.22. The SMILES string of the molecule is C=C(/N=C\C=C/N)c1cc(-c2ccc(CN3C[C@H](C)NC[C@H]3C)nc2)cc2nc(NC(=O)OCC)[nH]c12. The summed E-state index contributed by atoms with van der Waals surface area (Å²) in [5, 5.41) is 6.13. The van der Waals surface area contributed by atoms with Gasteiger partial charge in [-0.2, -0.15) is 0 Å². The number of aromatic amines is 1. The van der Waals surface area contributed by atoms with Crippen LogP contribution in [0.15, 0.2) is 54.3 Å². The van der Waals surface area contributed by atoms with Crippen LogP contribution in [-0.2, 0) is 11.3 Å². The van der Waals surface area contributed by atoms with Crippen LogP contribution in [0.3, 0.4) is 0 Å². The molecule has 5 N–H and O–H groups in total. The van der Waals surface area contributed by atoms with Gasteiger partial charge in [-0.05, 0) is 56.8 Å². The number of imidazole rings is 1. The molecule has 2 atom stereocenters. The number of amides is 1. The predicted octanol–water partition coefficient (Wildman–Crippen LogP) is 3.89. The molecule has 0 spiro atoms. The maximum atomic E-state index is 11.9. The summed E-state index contributed by atoms with van der Waals surface area (Å²) >= 11 is 0. The standard InChI is InChI=1S/C27H34N8O2/c1-5-37-27(36)34-26-32-24-12-21(11-23(25(24)33-26)19(4)29-10-6-9-28)20-7-8-22(31-14-20)16-35-15-17(2)30-13-18(35)3/h6-12,14,17-18,30H,4-5,13,15-16,28H2,1-3H3,(H2,32,33,34,36)/b9-6-,29-10-/t17-,18+/m0/s1. The van der Waals surface area contributed by atoms with E-state index in [0.717, 1.165) is 42.0 Å². The molecule has 10 heteroatoms. The molecule has 3 aromatic rings. The number of piperazine rings is 1. The number of benzene rings is 1. The Morgan fingerprint density at radius 3 is 2.92 bits per heavy atom. The maximum Gasteiger partial charge on any atom is 0.413 e. The Hall–Kier alpha value is -4.02. The first-order valence-corrected chi connectivity index (χ1v) is 12.4. The zero-order valence-electron chi connectivity index (χ0n) is 21.5. The van der Waals surface area contributed by atoms with Gasteiger partial charge in [0.05, 0.1) is 29.0 Å². The summed E-state index contributed by atoms with van der Waals surface area (Å²) in [7, 11) is 0. The van der Waals surface area contributed by atoms with Crippen LogP contribution in [0.5, 0.6) is 0 Å². The van der Waals surface area contributed by atoms with Crippen molar-refractivity contribution in [3.8, 4) is 11.1 Å². The summed E-state index contributed by atoms with van der Waals surface area (Å²) in [6.07, 6.45) is 5.89. The van der Waals surface area contributed by atoms with Gasteiger partial charge in [0.2, 0.25) is 5.95 Å². The average molecular weight is 503 g/mol. The average Bonchev–Trinajstić information content (AvgIpc) is 3.28. The molecule has 3 heterocycles. The van der Waals surface area contributed by atoms with E-state index in [1.54, 1.807) is 19.2 Å². The third-order valence-corrected chi connectivity index (χ3v) is 6.24. The normalized spacial score (nSPS) is 18.6. The van der Waals surface area contributed by atoms with E-state index in [-0.39, 0.29) is 12.6 Å². The summed E-state index contributed by atoms with van der Waals surface area (Å²) < 4.78 is 4.97. The molecule has 0 saturated carbocycles. The highest BCUT2D eigenvalue weighted by atomic mass is 16.5. The van der Waals surface area contributed by atoms with Gasteiger partial charge >= 0.3 is 6.09 Å². The highest BCUT2D eigenvalue weighted by Crippen LogP contribution is 2.31. The van der Waals surface area contributed by atoms with Crippen LogP contribution in [0.2, 0.25) is 0 Å². The predicted molar refractivity (Wildman–Crippen MR) is 148 cm³/mol. The summed E-state index contributed by atoms with van der Waals surface area (Å²) in [4.78, 5) is 31.2. The first-order chi connectivity index (χ1) is 17.9. The molecule has 2 aromatic heterocycles. The van der Waals surface area contributed by atoms with Crippen molar-refractivity contribution in [1.29, 1.82) is 0 Å². The van der Waals surface area contributed by atoms with Crippen molar-refractivity contribution in [2.24, 2.45) is 10.7 Å². The van der Waals surface area contributed by atoms with Crippen molar-refractivity contribution in [2.45, 2.75) is 39.4 Å². The van der Waals surface area contributed by atoms with Gasteiger partial charge in [0.1, 0.15) is 0 Å². The Kier molecular flexibility index (Phi) is 8.32. The number of fused-ring (bicyclic) bond motifs is 1. The lowest BCUT2D eigenvalue weighted by Crippen LogP contribution is -2.53. The van der Waals surface area contributed by atoms with Crippen LogP contribution in [0.25, 0.3) is 27.9 Å². The van der Waals surface area contributed by atoms with E-state index < -0.39 is 6.09 Å². The molecular weight excluding hydrogens is 468 g/mol. The zero-order chi connectivity index (χ0) is 26.4.